The first-order valence-corrected chi connectivity index (χ1v) is 7.03. The second-order valence-electron chi connectivity index (χ2n) is 4.50. The smallest absolute Gasteiger partial charge is 0.107 e. The fourth-order valence-corrected chi connectivity index (χ4v) is 2.73. The molecule has 1 saturated carbocycles. The molecule has 0 saturated heterocycles. The molecule has 0 aliphatic heterocycles. The molecule has 0 bridgehead atoms. The van der Waals surface area contributed by atoms with Crippen LogP contribution in [0.5, 0.6) is 0 Å². The van der Waals surface area contributed by atoms with Gasteiger partial charge in [-0.05, 0) is 12.8 Å². The average molecular weight is 244 g/mol. The third-order valence-electron chi connectivity index (χ3n) is 3.27. The lowest BCUT2D eigenvalue weighted by Crippen LogP contribution is -2.34. The van der Waals surface area contributed by atoms with E-state index < -0.39 is 0 Å². The first-order valence-electron chi connectivity index (χ1n) is 6.15. The van der Waals surface area contributed by atoms with Crippen LogP contribution >= 0.6 is 11.3 Å². The maximum Gasteiger partial charge on any atom is 0.107 e. The van der Waals surface area contributed by atoms with Crippen LogP contribution in [0.2, 0.25) is 0 Å². The molecule has 1 N–H and O–H groups in total. The van der Waals surface area contributed by atoms with Crippen LogP contribution in [0.3, 0.4) is 0 Å². The summed E-state index contributed by atoms with van der Waals surface area (Å²) in [5.74, 6) is 0. The second-order valence-corrected chi connectivity index (χ2v) is 5.44. The summed E-state index contributed by atoms with van der Waals surface area (Å²) in [7, 11) is 0. The SMILES string of the molecule is c1ccc(-c2csc(CNC3CCC3)n2)cc1. The van der Waals surface area contributed by atoms with Gasteiger partial charge in [0.1, 0.15) is 5.01 Å². The van der Waals surface area contributed by atoms with Crippen molar-refractivity contribution in [2.75, 3.05) is 0 Å². The minimum atomic E-state index is 0.735. The molecule has 0 atom stereocenters. The second kappa shape index (κ2) is 4.98. The molecule has 0 radical (unpaired) electrons. The summed E-state index contributed by atoms with van der Waals surface area (Å²) in [6.07, 6.45) is 4.04. The lowest BCUT2D eigenvalue weighted by molar-refractivity contribution is 0.338. The molecule has 1 aromatic heterocycles. The number of rotatable bonds is 4. The molecule has 0 unspecified atom stereocenters. The average Bonchev–Trinajstić information content (AvgIpc) is 2.77. The summed E-state index contributed by atoms with van der Waals surface area (Å²) in [4.78, 5) is 4.67. The lowest BCUT2D eigenvalue weighted by Gasteiger charge is -2.25. The molecule has 2 aromatic rings. The maximum atomic E-state index is 4.67. The summed E-state index contributed by atoms with van der Waals surface area (Å²) >= 11 is 1.75. The Morgan fingerprint density at radius 2 is 2.06 bits per heavy atom. The Labute approximate surface area is 106 Å². The van der Waals surface area contributed by atoms with Crippen molar-refractivity contribution in [3.63, 3.8) is 0 Å². The van der Waals surface area contributed by atoms with Crippen molar-refractivity contribution in [2.45, 2.75) is 31.8 Å². The minimum Gasteiger partial charge on any atom is -0.308 e. The van der Waals surface area contributed by atoms with Crippen LogP contribution in [0.4, 0.5) is 0 Å². The van der Waals surface area contributed by atoms with E-state index in [2.05, 4.69) is 39.9 Å². The number of hydrogen-bond acceptors (Lipinski definition) is 3. The van der Waals surface area contributed by atoms with E-state index in [0.717, 1.165) is 18.3 Å². The van der Waals surface area contributed by atoms with Gasteiger partial charge in [-0.25, -0.2) is 4.98 Å². The van der Waals surface area contributed by atoms with Crippen LogP contribution in [-0.4, -0.2) is 11.0 Å². The molecule has 2 nitrogen and oxygen atoms in total. The molecule has 3 rings (SSSR count). The molecule has 1 aliphatic rings. The highest BCUT2D eigenvalue weighted by Crippen LogP contribution is 2.23. The fourth-order valence-electron chi connectivity index (χ4n) is 1.98. The number of hydrogen-bond donors (Lipinski definition) is 1. The van der Waals surface area contributed by atoms with E-state index in [0.29, 0.717) is 0 Å². The van der Waals surface area contributed by atoms with E-state index >= 15 is 0 Å². The quantitative estimate of drug-likeness (QED) is 0.891. The summed E-state index contributed by atoms with van der Waals surface area (Å²) in [5.41, 5.74) is 2.31. The topological polar surface area (TPSA) is 24.9 Å². The van der Waals surface area contributed by atoms with E-state index in [1.165, 1.54) is 29.8 Å². The van der Waals surface area contributed by atoms with Crippen LogP contribution < -0.4 is 5.32 Å². The molecule has 0 amide bonds. The van der Waals surface area contributed by atoms with Gasteiger partial charge in [0.2, 0.25) is 0 Å². The first-order chi connectivity index (χ1) is 8.42. The number of aromatic nitrogens is 1. The molecule has 17 heavy (non-hydrogen) atoms. The summed E-state index contributed by atoms with van der Waals surface area (Å²) < 4.78 is 0. The zero-order chi connectivity index (χ0) is 11.5. The molecule has 0 spiro atoms. The van der Waals surface area contributed by atoms with Gasteiger partial charge in [0.15, 0.2) is 0 Å². The highest BCUT2D eigenvalue weighted by atomic mass is 32.1. The van der Waals surface area contributed by atoms with Crippen molar-refractivity contribution in [3.05, 3.63) is 40.7 Å². The predicted octanol–water partition coefficient (Wildman–Crippen LogP) is 3.45. The number of benzene rings is 1. The third-order valence-corrected chi connectivity index (χ3v) is 4.12. The largest absolute Gasteiger partial charge is 0.308 e. The number of thiazole rings is 1. The Bertz CT molecular complexity index is 474. The highest BCUT2D eigenvalue weighted by Gasteiger charge is 2.16. The van der Waals surface area contributed by atoms with Crippen molar-refractivity contribution in [1.29, 1.82) is 0 Å². The van der Waals surface area contributed by atoms with Gasteiger partial charge in [-0.1, -0.05) is 36.8 Å². The van der Waals surface area contributed by atoms with Crippen LogP contribution in [0.25, 0.3) is 11.3 Å². The Hall–Kier alpha value is -1.19. The van der Waals surface area contributed by atoms with Crippen LogP contribution in [0.1, 0.15) is 24.3 Å². The van der Waals surface area contributed by atoms with Gasteiger partial charge in [0, 0.05) is 23.5 Å². The number of nitrogens with one attached hydrogen (secondary N) is 1. The zero-order valence-electron chi connectivity index (χ0n) is 9.73. The van der Waals surface area contributed by atoms with Crippen LogP contribution in [-0.2, 0) is 6.54 Å². The van der Waals surface area contributed by atoms with Gasteiger partial charge in [-0.3, -0.25) is 0 Å². The van der Waals surface area contributed by atoms with E-state index in [1.807, 2.05) is 6.07 Å². The van der Waals surface area contributed by atoms with E-state index in [4.69, 9.17) is 0 Å². The summed E-state index contributed by atoms with van der Waals surface area (Å²) in [5, 5.41) is 6.88. The van der Waals surface area contributed by atoms with Gasteiger partial charge in [0.05, 0.1) is 5.69 Å². The Kier molecular flexibility index (Phi) is 3.20. The summed E-state index contributed by atoms with van der Waals surface area (Å²) in [6.45, 7) is 0.919. The Morgan fingerprint density at radius 1 is 1.24 bits per heavy atom. The molecule has 1 aliphatic carbocycles. The first kappa shape index (κ1) is 10.9. The van der Waals surface area contributed by atoms with Crippen LogP contribution in [0.15, 0.2) is 35.7 Å². The van der Waals surface area contributed by atoms with E-state index in [1.54, 1.807) is 11.3 Å². The normalized spacial score (nSPS) is 15.8. The van der Waals surface area contributed by atoms with Gasteiger partial charge < -0.3 is 5.32 Å². The predicted molar refractivity (Wildman–Crippen MR) is 72.0 cm³/mol. The number of nitrogens with zero attached hydrogens (tertiary/aromatic N) is 1. The van der Waals surface area contributed by atoms with Crippen molar-refractivity contribution in [2.24, 2.45) is 0 Å². The van der Waals surface area contributed by atoms with Gasteiger partial charge in [-0.2, -0.15) is 0 Å². The Balaban J connectivity index is 1.65. The van der Waals surface area contributed by atoms with Gasteiger partial charge in [-0.15, -0.1) is 11.3 Å². The zero-order valence-corrected chi connectivity index (χ0v) is 10.5. The molecule has 3 heteroatoms. The molecular weight excluding hydrogens is 228 g/mol. The lowest BCUT2D eigenvalue weighted by atomic mass is 9.93. The summed E-state index contributed by atoms with van der Waals surface area (Å²) in [6, 6.07) is 11.1. The standard InChI is InChI=1S/C14H16N2S/c1-2-5-11(6-3-1)13-10-17-14(16-13)9-15-12-7-4-8-12/h1-3,5-6,10,12,15H,4,7-9H2. The third kappa shape index (κ3) is 2.56. The van der Waals surface area contributed by atoms with Gasteiger partial charge in [0.25, 0.3) is 0 Å². The molecule has 1 fully saturated rings. The van der Waals surface area contributed by atoms with Crippen molar-refractivity contribution in [3.8, 4) is 11.3 Å². The van der Waals surface area contributed by atoms with Gasteiger partial charge >= 0.3 is 0 Å². The monoisotopic (exact) mass is 244 g/mol. The highest BCUT2D eigenvalue weighted by molar-refractivity contribution is 7.09. The molecule has 1 aromatic carbocycles. The van der Waals surface area contributed by atoms with E-state index in [9.17, 15) is 0 Å². The minimum absolute atomic E-state index is 0.735. The van der Waals surface area contributed by atoms with Crippen molar-refractivity contribution < 1.29 is 0 Å². The fraction of sp³-hybridized carbons (Fsp3) is 0.357. The van der Waals surface area contributed by atoms with Crippen molar-refractivity contribution in [1.82, 2.24) is 10.3 Å². The molecular formula is C14H16N2S. The van der Waals surface area contributed by atoms with E-state index in [-0.39, 0.29) is 0 Å². The maximum absolute atomic E-state index is 4.67. The Morgan fingerprint density at radius 3 is 2.76 bits per heavy atom. The molecule has 1 heterocycles. The van der Waals surface area contributed by atoms with Crippen molar-refractivity contribution >= 4 is 11.3 Å². The van der Waals surface area contributed by atoms with Crippen LogP contribution in [0, 0.1) is 0 Å². The molecule has 88 valence electrons.